The molecule has 1 saturated heterocycles. The monoisotopic (exact) mass is 498 g/mol. The molecule has 3 aromatic carbocycles. The van der Waals surface area contributed by atoms with Gasteiger partial charge in [0.15, 0.2) is 5.65 Å². The second-order valence-electron chi connectivity index (χ2n) is 9.16. The third-order valence-corrected chi connectivity index (χ3v) is 8.46. The van der Waals surface area contributed by atoms with E-state index in [1.165, 1.54) is 21.3 Å². The van der Waals surface area contributed by atoms with Crippen molar-refractivity contribution in [3.8, 4) is 0 Å². The number of aryl methyl sites for hydroxylation is 2. The molecule has 3 heterocycles. The molecule has 0 atom stereocenters. The predicted molar refractivity (Wildman–Crippen MR) is 141 cm³/mol. The second-order valence-corrected chi connectivity index (χ2v) is 11.0. The fourth-order valence-corrected chi connectivity index (χ4v) is 6.13. The molecule has 0 amide bonds. The highest BCUT2D eigenvalue weighted by atomic mass is 32.2. The summed E-state index contributed by atoms with van der Waals surface area (Å²) >= 11 is 0. The maximum Gasteiger partial charge on any atom is 0.229 e. The Morgan fingerprint density at radius 2 is 1.50 bits per heavy atom. The fraction of sp³-hybridized carbons (Fsp3) is 0.222. The second kappa shape index (κ2) is 8.60. The zero-order valence-corrected chi connectivity index (χ0v) is 21.0. The maximum atomic E-state index is 13.4. The van der Waals surface area contributed by atoms with Crippen molar-refractivity contribution in [2.75, 3.05) is 36.0 Å². The molecule has 36 heavy (non-hydrogen) atoms. The van der Waals surface area contributed by atoms with Gasteiger partial charge in [0.2, 0.25) is 14.9 Å². The molecule has 5 aromatic rings. The number of fused-ring (bicyclic) bond motifs is 3. The van der Waals surface area contributed by atoms with Crippen LogP contribution in [0.3, 0.4) is 0 Å². The molecule has 6 rings (SSSR count). The molecular weight excluding hydrogens is 472 g/mol. The number of anilines is 2. The predicted octanol–water partition coefficient (Wildman–Crippen LogP) is 4.05. The minimum atomic E-state index is -3.88. The minimum Gasteiger partial charge on any atom is -0.368 e. The van der Waals surface area contributed by atoms with E-state index in [1.807, 2.05) is 24.3 Å². The van der Waals surface area contributed by atoms with Gasteiger partial charge in [0.25, 0.3) is 0 Å². The molecule has 2 aromatic heterocycles. The van der Waals surface area contributed by atoms with Crippen LogP contribution in [0.5, 0.6) is 0 Å². The van der Waals surface area contributed by atoms with Gasteiger partial charge in [-0.1, -0.05) is 47.7 Å². The van der Waals surface area contributed by atoms with Crippen molar-refractivity contribution in [3.05, 3.63) is 83.9 Å². The van der Waals surface area contributed by atoms with Crippen molar-refractivity contribution in [1.29, 1.82) is 0 Å². The first kappa shape index (κ1) is 22.5. The summed E-state index contributed by atoms with van der Waals surface area (Å²) in [6.45, 7) is 7.48. The molecule has 182 valence electrons. The third-order valence-electron chi connectivity index (χ3n) is 6.79. The van der Waals surface area contributed by atoms with Crippen molar-refractivity contribution >= 4 is 37.9 Å². The lowest BCUT2D eigenvalue weighted by molar-refractivity contribution is 0.592. The quantitative estimate of drug-likeness (QED) is 0.370. The molecule has 0 unspecified atom stereocenters. The Balaban J connectivity index is 1.42. The highest BCUT2D eigenvalue weighted by Gasteiger charge is 2.28. The third kappa shape index (κ3) is 3.67. The van der Waals surface area contributed by atoms with Crippen LogP contribution < -0.4 is 9.80 Å². The van der Waals surface area contributed by atoms with Crippen LogP contribution in [0.4, 0.5) is 11.5 Å². The van der Waals surface area contributed by atoms with E-state index >= 15 is 0 Å². The smallest absolute Gasteiger partial charge is 0.229 e. The van der Waals surface area contributed by atoms with Crippen LogP contribution in [0.1, 0.15) is 11.1 Å². The normalized spacial score (nSPS) is 14.6. The number of hydrogen-bond acceptors (Lipinski definition) is 7. The average molecular weight is 499 g/mol. The number of hydrogen-bond donors (Lipinski definition) is 0. The lowest BCUT2D eigenvalue weighted by atomic mass is 10.1. The molecule has 1 fully saturated rings. The highest BCUT2D eigenvalue weighted by Crippen LogP contribution is 2.31. The molecular formula is C27H26N6O2S. The van der Waals surface area contributed by atoms with E-state index < -0.39 is 9.84 Å². The summed E-state index contributed by atoms with van der Waals surface area (Å²) in [7, 11) is -3.88. The molecule has 0 bridgehead atoms. The van der Waals surface area contributed by atoms with Crippen LogP contribution in [0.2, 0.25) is 0 Å². The molecule has 8 nitrogen and oxygen atoms in total. The van der Waals surface area contributed by atoms with Gasteiger partial charge in [0.05, 0.1) is 10.4 Å². The van der Waals surface area contributed by atoms with Crippen molar-refractivity contribution in [3.63, 3.8) is 0 Å². The lowest BCUT2D eigenvalue weighted by Crippen LogP contribution is -2.47. The summed E-state index contributed by atoms with van der Waals surface area (Å²) in [5.74, 6) is 0.755. The van der Waals surface area contributed by atoms with Crippen LogP contribution in [0.25, 0.3) is 16.6 Å². The van der Waals surface area contributed by atoms with Crippen molar-refractivity contribution < 1.29 is 8.42 Å². The topological polar surface area (TPSA) is 83.7 Å². The summed E-state index contributed by atoms with van der Waals surface area (Å²) < 4.78 is 28.4. The molecule has 9 heteroatoms. The number of sulfone groups is 1. The zero-order chi connectivity index (χ0) is 24.9. The van der Waals surface area contributed by atoms with E-state index in [1.54, 1.807) is 30.3 Å². The van der Waals surface area contributed by atoms with E-state index in [0.717, 1.165) is 42.9 Å². The molecule has 0 radical (unpaired) electrons. The number of piperazine rings is 1. The Morgan fingerprint density at radius 3 is 2.28 bits per heavy atom. The van der Waals surface area contributed by atoms with Gasteiger partial charge in [-0.2, -0.15) is 4.52 Å². The SMILES string of the molecule is Cc1ccc(C)c(N2CCN(c3nc4c(S(=O)(=O)c5ccccc5)nnn4c4ccccc34)CC2)c1. The van der Waals surface area contributed by atoms with Crippen LogP contribution in [-0.4, -0.2) is 54.4 Å². The number of nitrogens with zero attached hydrogens (tertiary/aromatic N) is 6. The number of para-hydroxylation sites is 1. The van der Waals surface area contributed by atoms with Crippen LogP contribution in [-0.2, 0) is 9.84 Å². The Labute approximate surface area is 209 Å². The first-order valence-corrected chi connectivity index (χ1v) is 13.4. The molecule has 1 aliphatic rings. The van der Waals surface area contributed by atoms with Gasteiger partial charge in [0, 0.05) is 37.3 Å². The number of rotatable bonds is 4. The van der Waals surface area contributed by atoms with E-state index in [0.29, 0.717) is 0 Å². The summed E-state index contributed by atoms with van der Waals surface area (Å²) in [5, 5.41) is 9.06. The zero-order valence-electron chi connectivity index (χ0n) is 20.2. The summed E-state index contributed by atoms with van der Waals surface area (Å²) in [4.78, 5) is 9.69. The van der Waals surface area contributed by atoms with Crippen molar-refractivity contribution in [2.24, 2.45) is 0 Å². The van der Waals surface area contributed by atoms with Gasteiger partial charge in [-0.05, 0) is 55.3 Å². The Hall–Kier alpha value is -3.98. The standard InChI is InChI=1S/C27H26N6O2S/c1-19-12-13-20(2)24(18-19)31-14-16-32(17-15-31)25-22-10-6-7-11-23(22)33-26(28-25)27(29-30-33)36(34,35)21-8-4-3-5-9-21/h3-13,18H,14-17H2,1-2H3. The Kier molecular flexibility index (Phi) is 5.37. The molecule has 1 aliphatic heterocycles. The molecule has 0 saturated carbocycles. The average Bonchev–Trinajstić information content (AvgIpc) is 3.35. The van der Waals surface area contributed by atoms with Crippen molar-refractivity contribution in [1.82, 2.24) is 19.8 Å². The first-order chi connectivity index (χ1) is 17.4. The van der Waals surface area contributed by atoms with Gasteiger partial charge in [-0.3, -0.25) is 0 Å². The molecule has 0 N–H and O–H groups in total. The fourth-order valence-electron chi connectivity index (χ4n) is 4.87. The van der Waals surface area contributed by atoms with E-state index in [4.69, 9.17) is 4.98 Å². The van der Waals surface area contributed by atoms with Gasteiger partial charge in [0.1, 0.15) is 5.82 Å². The van der Waals surface area contributed by atoms with Gasteiger partial charge < -0.3 is 9.80 Å². The van der Waals surface area contributed by atoms with Crippen LogP contribution >= 0.6 is 0 Å². The number of aromatic nitrogens is 4. The minimum absolute atomic E-state index is 0.130. The molecule has 0 spiro atoms. The van der Waals surface area contributed by atoms with Crippen LogP contribution in [0.15, 0.2) is 82.7 Å². The van der Waals surface area contributed by atoms with E-state index in [-0.39, 0.29) is 15.6 Å². The van der Waals surface area contributed by atoms with Gasteiger partial charge in [-0.25, -0.2) is 13.4 Å². The molecule has 0 aliphatic carbocycles. The lowest BCUT2D eigenvalue weighted by Gasteiger charge is -2.38. The Morgan fingerprint density at radius 1 is 0.806 bits per heavy atom. The summed E-state index contributed by atoms with van der Waals surface area (Å²) in [6, 6.07) is 22.7. The number of benzene rings is 3. The summed E-state index contributed by atoms with van der Waals surface area (Å²) in [5.41, 5.74) is 4.79. The van der Waals surface area contributed by atoms with E-state index in [2.05, 4.69) is 52.2 Å². The highest BCUT2D eigenvalue weighted by molar-refractivity contribution is 7.91. The van der Waals surface area contributed by atoms with Crippen LogP contribution in [0, 0.1) is 13.8 Å². The van der Waals surface area contributed by atoms with Crippen molar-refractivity contribution in [2.45, 2.75) is 23.8 Å². The maximum absolute atomic E-state index is 13.4. The first-order valence-electron chi connectivity index (χ1n) is 11.9. The van der Waals surface area contributed by atoms with Gasteiger partial charge in [-0.15, -0.1) is 5.10 Å². The largest absolute Gasteiger partial charge is 0.368 e. The summed E-state index contributed by atoms with van der Waals surface area (Å²) in [6.07, 6.45) is 0. The van der Waals surface area contributed by atoms with E-state index in [9.17, 15) is 8.42 Å². The Bertz CT molecular complexity index is 1690. The van der Waals surface area contributed by atoms with Gasteiger partial charge >= 0.3 is 0 Å².